The van der Waals surface area contributed by atoms with Crippen molar-refractivity contribution in [1.82, 2.24) is 4.90 Å². The third-order valence-corrected chi connectivity index (χ3v) is 4.96. The zero-order valence-corrected chi connectivity index (χ0v) is 17.2. The van der Waals surface area contributed by atoms with E-state index in [9.17, 15) is 14.4 Å². The van der Waals surface area contributed by atoms with Gasteiger partial charge in [-0.15, -0.1) is 17.9 Å². The van der Waals surface area contributed by atoms with E-state index in [1.165, 1.54) is 23.2 Å². The Balaban J connectivity index is 2.32. The van der Waals surface area contributed by atoms with Crippen molar-refractivity contribution in [3.8, 4) is 11.1 Å². The van der Waals surface area contributed by atoms with E-state index in [4.69, 9.17) is 16.3 Å². The van der Waals surface area contributed by atoms with Gasteiger partial charge in [-0.3, -0.25) is 9.59 Å². The molecule has 0 atom stereocenters. The number of rotatable bonds is 8. The Kier molecular flexibility index (Phi) is 7.78. The lowest BCUT2D eigenvalue weighted by Gasteiger charge is -2.18. The number of nitrogens with zero attached hydrogens (tertiary/aromatic N) is 1. The maximum Gasteiger partial charge on any atom is 0.341 e. The Morgan fingerprint density at radius 2 is 1.96 bits per heavy atom. The zero-order chi connectivity index (χ0) is 20.7. The van der Waals surface area contributed by atoms with Crippen molar-refractivity contribution in [1.29, 1.82) is 0 Å². The highest BCUT2D eigenvalue weighted by atomic mass is 35.5. The molecular formula is C20H21ClN2O4S. The molecule has 1 N–H and O–H groups in total. The number of carbonyl (C=O) groups excluding carboxylic acids is 3. The van der Waals surface area contributed by atoms with E-state index in [0.29, 0.717) is 15.6 Å². The van der Waals surface area contributed by atoms with Crippen molar-refractivity contribution in [3.05, 3.63) is 52.9 Å². The molecule has 2 rings (SSSR count). The summed E-state index contributed by atoms with van der Waals surface area (Å²) in [5.74, 6) is -1.18. The van der Waals surface area contributed by atoms with Crippen molar-refractivity contribution < 1.29 is 19.1 Å². The topological polar surface area (TPSA) is 75.7 Å². The van der Waals surface area contributed by atoms with Gasteiger partial charge < -0.3 is 15.0 Å². The molecule has 0 saturated carbocycles. The smallest absolute Gasteiger partial charge is 0.341 e. The number of carbonyl (C=O) groups is 3. The molecule has 1 heterocycles. The van der Waals surface area contributed by atoms with E-state index < -0.39 is 11.9 Å². The van der Waals surface area contributed by atoms with Crippen molar-refractivity contribution >= 4 is 45.7 Å². The lowest BCUT2D eigenvalue weighted by molar-refractivity contribution is -0.132. The molecule has 0 spiro atoms. The summed E-state index contributed by atoms with van der Waals surface area (Å²) in [4.78, 5) is 37.9. The minimum absolute atomic E-state index is 0.141. The van der Waals surface area contributed by atoms with Gasteiger partial charge >= 0.3 is 5.97 Å². The van der Waals surface area contributed by atoms with E-state index in [-0.39, 0.29) is 31.2 Å². The van der Waals surface area contributed by atoms with Gasteiger partial charge in [-0.2, -0.15) is 0 Å². The number of ether oxygens (including phenoxy) is 1. The zero-order valence-electron chi connectivity index (χ0n) is 15.7. The summed E-state index contributed by atoms with van der Waals surface area (Å²) in [7, 11) is 0. The molecule has 148 valence electrons. The van der Waals surface area contributed by atoms with Gasteiger partial charge in [0.2, 0.25) is 11.8 Å². The van der Waals surface area contributed by atoms with Crippen LogP contribution in [0.3, 0.4) is 0 Å². The van der Waals surface area contributed by atoms with Gasteiger partial charge in [-0.1, -0.05) is 29.8 Å². The first-order valence-electron chi connectivity index (χ1n) is 8.58. The molecule has 0 aliphatic rings. The molecule has 0 unspecified atom stereocenters. The van der Waals surface area contributed by atoms with Crippen molar-refractivity contribution in [2.24, 2.45) is 0 Å². The Labute approximate surface area is 172 Å². The average Bonchev–Trinajstić information content (AvgIpc) is 3.05. The Morgan fingerprint density at radius 1 is 1.29 bits per heavy atom. The number of hydrogen-bond acceptors (Lipinski definition) is 5. The highest BCUT2D eigenvalue weighted by Crippen LogP contribution is 2.36. The largest absolute Gasteiger partial charge is 0.462 e. The second-order valence-electron chi connectivity index (χ2n) is 5.82. The first kappa shape index (κ1) is 21.7. The lowest BCUT2D eigenvalue weighted by Crippen LogP contribution is -2.36. The Bertz CT molecular complexity index is 877. The van der Waals surface area contributed by atoms with Crippen LogP contribution in [0.15, 0.2) is 42.3 Å². The van der Waals surface area contributed by atoms with Gasteiger partial charge in [0.25, 0.3) is 0 Å². The van der Waals surface area contributed by atoms with E-state index in [2.05, 4.69) is 11.9 Å². The maximum absolute atomic E-state index is 12.5. The molecule has 2 aromatic rings. The molecule has 28 heavy (non-hydrogen) atoms. The molecule has 6 nitrogen and oxygen atoms in total. The van der Waals surface area contributed by atoms with Crippen molar-refractivity contribution in [2.75, 3.05) is 25.0 Å². The monoisotopic (exact) mass is 420 g/mol. The number of hydrogen-bond donors (Lipinski definition) is 1. The number of anilines is 1. The molecular weight excluding hydrogens is 400 g/mol. The van der Waals surface area contributed by atoms with Crippen LogP contribution in [0.5, 0.6) is 0 Å². The molecule has 1 aromatic carbocycles. The van der Waals surface area contributed by atoms with Crippen LogP contribution in [0.2, 0.25) is 5.02 Å². The van der Waals surface area contributed by atoms with Crippen LogP contribution in [-0.2, 0) is 14.3 Å². The molecule has 0 saturated heterocycles. The van der Waals surface area contributed by atoms with Crippen LogP contribution in [0.4, 0.5) is 5.00 Å². The maximum atomic E-state index is 12.5. The third-order valence-electron chi connectivity index (χ3n) is 3.81. The number of benzene rings is 1. The van der Waals surface area contributed by atoms with Crippen LogP contribution < -0.4 is 5.32 Å². The van der Waals surface area contributed by atoms with Gasteiger partial charge in [0, 0.05) is 29.4 Å². The summed E-state index contributed by atoms with van der Waals surface area (Å²) in [5, 5.41) is 5.45. The van der Waals surface area contributed by atoms with E-state index in [1.807, 2.05) is 0 Å². The summed E-state index contributed by atoms with van der Waals surface area (Å²) in [6.45, 7) is 7.00. The van der Waals surface area contributed by atoms with E-state index in [1.54, 1.807) is 42.6 Å². The number of thiophene rings is 1. The first-order valence-corrected chi connectivity index (χ1v) is 9.83. The van der Waals surface area contributed by atoms with Crippen molar-refractivity contribution in [2.45, 2.75) is 13.8 Å². The molecule has 0 fully saturated rings. The summed E-state index contributed by atoms with van der Waals surface area (Å²) in [6, 6.07) is 7.03. The molecule has 0 aliphatic heterocycles. The number of nitrogens with one attached hydrogen (secondary N) is 1. The fraction of sp³-hybridized carbons (Fsp3) is 0.250. The normalized spacial score (nSPS) is 10.2. The highest BCUT2D eigenvalue weighted by molar-refractivity contribution is 7.15. The summed E-state index contributed by atoms with van der Waals surface area (Å²) in [6.07, 6.45) is 1.54. The lowest BCUT2D eigenvalue weighted by atomic mass is 10.0. The highest BCUT2D eigenvalue weighted by Gasteiger charge is 2.23. The average molecular weight is 421 g/mol. The van der Waals surface area contributed by atoms with Crippen LogP contribution in [0.1, 0.15) is 24.2 Å². The minimum Gasteiger partial charge on any atom is -0.462 e. The van der Waals surface area contributed by atoms with Crippen LogP contribution >= 0.6 is 22.9 Å². The third kappa shape index (κ3) is 5.43. The SMILES string of the molecule is C=CCN(CC(=O)Nc1scc(-c2ccc(Cl)cc2)c1C(=O)OCC)C(C)=O. The fourth-order valence-corrected chi connectivity index (χ4v) is 3.60. The van der Waals surface area contributed by atoms with Crippen LogP contribution in [-0.4, -0.2) is 42.4 Å². The van der Waals surface area contributed by atoms with Gasteiger partial charge in [-0.25, -0.2) is 4.79 Å². The van der Waals surface area contributed by atoms with E-state index >= 15 is 0 Å². The predicted molar refractivity (Wildman–Crippen MR) is 112 cm³/mol. The fourth-order valence-electron chi connectivity index (χ4n) is 2.50. The van der Waals surface area contributed by atoms with E-state index in [0.717, 1.165) is 5.56 Å². The first-order chi connectivity index (χ1) is 13.4. The Morgan fingerprint density at radius 3 is 2.54 bits per heavy atom. The van der Waals surface area contributed by atoms with Gasteiger partial charge in [0.05, 0.1) is 6.61 Å². The van der Waals surface area contributed by atoms with Gasteiger partial charge in [0.15, 0.2) is 0 Å². The van der Waals surface area contributed by atoms with Crippen LogP contribution in [0, 0.1) is 0 Å². The second kappa shape index (κ2) is 10.1. The summed E-state index contributed by atoms with van der Waals surface area (Å²) < 4.78 is 5.16. The summed E-state index contributed by atoms with van der Waals surface area (Å²) >= 11 is 7.16. The predicted octanol–water partition coefficient (Wildman–Crippen LogP) is 4.22. The van der Waals surface area contributed by atoms with Gasteiger partial charge in [0.1, 0.15) is 17.1 Å². The molecule has 0 radical (unpaired) electrons. The number of halogens is 1. The standard InChI is InChI=1S/C20H21ClN2O4S/c1-4-10-23(13(3)24)11-17(25)22-19-18(20(26)27-5-2)16(12-28-19)14-6-8-15(21)9-7-14/h4,6-9,12H,1,5,10-11H2,2-3H3,(H,22,25). The Hall–Kier alpha value is -2.64. The molecule has 2 amide bonds. The number of amides is 2. The number of esters is 1. The van der Waals surface area contributed by atoms with Crippen LogP contribution in [0.25, 0.3) is 11.1 Å². The minimum atomic E-state index is -0.529. The quantitative estimate of drug-likeness (QED) is 0.512. The molecule has 0 aliphatic carbocycles. The van der Waals surface area contributed by atoms with Crippen molar-refractivity contribution in [3.63, 3.8) is 0 Å². The molecule has 1 aromatic heterocycles. The second-order valence-corrected chi connectivity index (χ2v) is 7.13. The summed E-state index contributed by atoms with van der Waals surface area (Å²) in [5.41, 5.74) is 1.70. The van der Waals surface area contributed by atoms with Gasteiger partial charge in [-0.05, 0) is 24.6 Å². The molecule has 8 heteroatoms. The molecule has 0 bridgehead atoms.